The Balaban J connectivity index is 1.45. The van der Waals surface area contributed by atoms with Gasteiger partial charge in [-0.3, -0.25) is 4.79 Å². The third-order valence-corrected chi connectivity index (χ3v) is 5.93. The van der Waals surface area contributed by atoms with Crippen LogP contribution in [-0.2, 0) is 4.79 Å². The molecule has 0 unspecified atom stereocenters. The SMILES string of the molecule is CC(C)c1nsc(N2CCC(CC(=O)N3CCC(F)(F)CC3)CC2)n1. The van der Waals surface area contributed by atoms with E-state index in [2.05, 4.69) is 28.1 Å². The van der Waals surface area contributed by atoms with Crippen LogP contribution < -0.4 is 4.90 Å². The van der Waals surface area contributed by atoms with Crippen LogP contribution >= 0.6 is 11.5 Å². The minimum atomic E-state index is -2.60. The molecule has 2 saturated heterocycles. The van der Waals surface area contributed by atoms with Crippen molar-refractivity contribution >= 4 is 22.6 Å². The number of nitrogens with zero attached hydrogens (tertiary/aromatic N) is 4. The Morgan fingerprint density at radius 1 is 1.24 bits per heavy atom. The Morgan fingerprint density at radius 3 is 2.44 bits per heavy atom. The molecular weight excluding hydrogens is 346 g/mol. The average molecular weight is 372 g/mol. The van der Waals surface area contributed by atoms with E-state index in [1.165, 1.54) is 11.5 Å². The lowest BCUT2D eigenvalue weighted by molar-refractivity contribution is -0.138. The number of likely N-dealkylation sites (tertiary alicyclic amines) is 1. The standard InChI is InChI=1S/C17H26F2N4OS/c1-12(2)15-20-16(25-21-15)23-7-3-13(4-8-23)11-14(24)22-9-5-17(18,19)6-10-22/h12-13H,3-11H2,1-2H3. The topological polar surface area (TPSA) is 49.3 Å². The molecule has 0 bridgehead atoms. The molecule has 5 nitrogen and oxygen atoms in total. The zero-order valence-corrected chi connectivity index (χ0v) is 15.7. The van der Waals surface area contributed by atoms with E-state index >= 15 is 0 Å². The van der Waals surface area contributed by atoms with Crippen LogP contribution in [0, 0.1) is 5.92 Å². The number of anilines is 1. The minimum absolute atomic E-state index is 0.0342. The maximum Gasteiger partial charge on any atom is 0.251 e. The lowest BCUT2D eigenvalue weighted by Gasteiger charge is -2.35. The van der Waals surface area contributed by atoms with Gasteiger partial charge in [0.15, 0.2) is 0 Å². The fourth-order valence-electron chi connectivity index (χ4n) is 3.38. The van der Waals surface area contributed by atoms with Crippen molar-refractivity contribution in [1.82, 2.24) is 14.3 Å². The van der Waals surface area contributed by atoms with Gasteiger partial charge in [0.05, 0.1) is 0 Å². The summed E-state index contributed by atoms with van der Waals surface area (Å²) in [7, 11) is 0. The van der Waals surface area contributed by atoms with Crippen molar-refractivity contribution in [1.29, 1.82) is 0 Å². The van der Waals surface area contributed by atoms with Gasteiger partial charge in [0, 0.05) is 62.9 Å². The van der Waals surface area contributed by atoms with Crippen LogP contribution in [0.3, 0.4) is 0 Å². The Bertz CT molecular complexity index is 589. The van der Waals surface area contributed by atoms with Crippen molar-refractivity contribution in [3.63, 3.8) is 0 Å². The molecule has 140 valence electrons. The number of halogens is 2. The van der Waals surface area contributed by atoms with Crippen molar-refractivity contribution < 1.29 is 13.6 Å². The van der Waals surface area contributed by atoms with Crippen LogP contribution in [0.25, 0.3) is 0 Å². The molecular formula is C17H26F2N4OS. The second-order valence-corrected chi connectivity index (χ2v) is 8.19. The largest absolute Gasteiger partial charge is 0.347 e. The molecule has 1 aromatic rings. The van der Waals surface area contributed by atoms with Gasteiger partial charge in [0.2, 0.25) is 11.0 Å². The maximum absolute atomic E-state index is 13.2. The van der Waals surface area contributed by atoms with Gasteiger partial charge in [0.1, 0.15) is 5.82 Å². The molecule has 2 aliphatic heterocycles. The van der Waals surface area contributed by atoms with Crippen molar-refractivity contribution in [2.75, 3.05) is 31.1 Å². The molecule has 2 fully saturated rings. The number of hydrogen-bond donors (Lipinski definition) is 0. The average Bonchev–Trinajstić information content (AvgIpc) is 3.05. The van der Waals surface area contributed by atoms with E-state index in [9.17, 15) is 13.6 Å². The summed E-state index contributed by atoms with van der Waals surface area (Å²) in [5.74, 6) is -1.01. The van der Waals surface area contributed by atoms with Gasteiger partial charge in [-0.05, 0) is 18.8 Å². The first-order chi connectivity index (χ1) is 11.8. The number of alkyl halides is 2. The Kier molecular flexibility index (Phi) is 5.55. The summed E-state index contributed by atoms with van der Waals surface area (Å²) in [6, 6.07) is 0. The van der Waals surface area contributed by atoms with E-state index in [0.29, 0.717) is 18.3 Å². The molecule has 25 heavy (non-hydrogen) atoms. The molecule has 0 radical (unpaired) electrons. The molecule has 1 aromatic heterocycles. The van der Waals surface area contributed by atoms with Gasteiger partial charge in [-0.2, -0.15) is 4.37 Å². The Hall–Kier alpha value is -1.31. The number of amides is 1. The van der Waals surface area contributed by atoms with Crippen LogP contribution in [-0.4, -0.2) is 52.3 Å². The first-order valence-corrected chi connectivity index (χ1v) is 9.85. The highest BCUT2D eigenvalue weighted by atomic mass is 32.1. The lowest BCUT2D eigenvalue weighted by atomic mass is 9.92. The van der Waals surface area contributed by atoms with Gasteiger partial charge < -0.3 is 9.80 Å². The number of hydrogen-bond acceptors (Lipinski definition) is 5. The third kappa shape index (κ3) is 4.65. The number of piperidine rings is 2. The monoisotopic (exact) mass is 372 g/mol. The molecule has 1 amide bonds. The Morgan fingerprint density at radius 2 is 1.88 bits per heavy atom. The quantitative estimate of drug-likeness (QED) is 0.811. The highest BCUT2D eigenvalue weighted by molar-refractivity contribution is 7.09. The molecule has 2 aliphatic rings. The first-order valence-electron chi connectivity index (χ1n) is 9.08. The van der Waals surface area contributed by atoms with Crippen molar-refractivity contribution in [3.05, 3.63) is 5.82 Å². The Labute approximate surface area is 151 Å². The summed E-state index contributed by atoms with van der Waals surface area (Å²) in [4.78, 5) is 20.8. The van der Waals surface area contributed by atoms with Gasteiger partial charge >= 0.3 is 0 Å². The zero-order chi connectivity index (χ0) is 18.0. The smallest absolute Gasteiger partial charge is 0.251 e. The normalized spacial score (nSPS) is 21.8. The van der Waals surface area contributed by atoms with Gasteiger partial charge in [-0.1, -0.05) is 13.8 Å². The molecule has 3 rings (SSSR count). The number of rotatable bonds is 4. The van der Waals surface area contributed by atoms with Crippen molar-refractivity contribution in [2.45, 2.75) is 57.8 Å². The number of aromatic nitrogens is 2. The van der Waals surface area contributed by atoms with E-state index in [-0.39, 0.29) is 31.8 Å². The van der Waals surface area contributed by atoms with E-state index in [0.717, 1.165) is 36.9 Å². The van der Waals surface area contributed by atoms with Gasteiger partial charge in [-0.25, -0.2) is 13.8 Å². The van der Waals surface area contributed by atoms with E-state index in [1.54, 1.807) is 4.90 Å². The van der Waals surface area contributed by atoms with Crippen LogP contribution in [0.4, 0.5) is 13.9 Å². The predicted molar refractivity (Wildman–Crippen MR) is 94.3 cm³/mol. The van der Waals surface area contributed by atoms with Crippen LogP contribution in [0.2, 0.25) is 0 Å². The second-order valence-electron chi connectivity index (χ2n) is 7.46. The third-order valence-electron chi connectivity index (χ3n) is 5.14. The van der Waals surface area contributed by atoms with Crippen LogP contribution in [0.15, 0.2) is 0 Å². The molecule has 8 heteroatoms. The fraction of sp³-hybridized carbons (Fsp3) is 0.824. The van der Waals surface area contributed by atoms with Crippen molar-refractivity contribution in [3.8, 4) is 0 Å². The minimum Gasteiger partial charge on any atom is -0.347 e. The zero-order valence-electron chi connectivity index (χ0n) is 14.9. The second kappa shape index (κ2) is 7.51. The van der Waals surface area contributed by atoms with Crippen LogP contribution in [0.5, 0.6) is 0 Å². The maximum atomic E-state index is 13.2. The summed E-state index contributed by atoms with van der Waals surface area (Å²) >= 11 is 1.44. The summed E-state index contributed by atoms with van der Waals surface area (Å²) < 4.78 is 30.8. The van der Waals surface area contributed by atoms with Crippen LogP contribution in [0.1, 0.15) is 57.7 Å². The van der Waals surface area contributed by atoms with Gasteiger partial charge in [-0.15, -0.1) is 0 Å². The summed E-state index contributed by atoms with van der Waals surface area (Å²) in [6.07, 6.45) is 1.95. The molecule has 0 N–H and O–H groups in total. The molecule has 0 spiro atoms. The fourth-order valence-corrected chi connectivity index (χ4v) is 4.24. The van der Waals surface area contributed by atoms with E-state index in [1.807, 2.05) is 0 Å². The molecule has 0 aromatic carbocycles. The highest BCUT2D eigenvalue weighted by Crippen LogP contribution is 2.30. The molecule has 0 saturated carbocycles. The van der Waals surface area contributed by atoms with Crippen molar-refractivity contribution in [2.24, 2.45) is 5.92 Å². The summed E-state index contributed by atoms with van der Waals surface area (Å²) in [5, 5.41) is 0.965. The molecule has 0 atom stereocenters. The first kappa shape index (κ1) is 18.5. The number of carbonyl (C=O) groups is 1. The summed E-state index contributed by atoms with van der Waals surface area (Å²) in [5.41, 5.74) is 0. The molecule has 0 aliphatic carbocycles. The summed E-state index contributed by atoms with van der Waals surface area (Å²) in [6.45, 7) is 6.30. The number of carbonyl (C=O) groups excluding carboxylic acids is 1. The van der Waals surface area contributed by atoms with Gasteiger partial charge in [0.25, 0.3) is 5.92 Å². The van der Waals surface area contributed by atoms with E-state index in [4.69, 9.17) is 0 Å². The highest BCUT2D eigenvalue weighted by Gasteiger charge is 2.36. The molecule has 3 heterocycles. The predicted octanol–water partition coefficient (Wildman–Crippen LogP) is 3.53. The lowest BCUT2D eigenvalue weighted by Crippen LogP contribution is -2.44. The van der Waals surface area contributed by atoms with E-state index < -0.39 is 5.92 Å².